The molecule has 4 aromatic rings. The average molecular weight is 384 g/mol. The summed E-state index contributed by atoms with van der Waals surface area (Å²) in [5.74, 6) is 0.125. The van der Waals surface area contributed by atoms with Gasteiger partial charge in [-0.1, -0.05) is 42.5 Å². The van der Waals surface area contributed by atoms with Gasteiger partial charge in [-0.3, -0.25) is 9.59 Å². The van der Waals surface area contributed by atoms with Crippen LogP contribution in [-0.2, 0) is 4.79 Å². The lowest BCUT2D eigenvalue weighted by molar-refractivity contribution is -0.117. The number of nitrogens with zero attached hydrogens (tertiary/aromatic N) is 1. The van der Waals surface area contributed by atoms with E-state index < -0.39 is 0 Å². The Morgan fingerprint density at radius 2 is 1.90 bits per heavy atom. The van der Waals surface area contributed by atoms with E-state index in [4.69, 9.17) is 4.42 Å². The van der Waals surface area contributed by atoms with Crippen molar-refractivity contribution in [3.05, 3.63) is 72.0 Å². The molecule has 5 nitrogen and oxygen atoms in total. The van der Waals surface area contributed by atoms with E-state index in [1.165, 1.54) is 0 Å². The van der Waals surface area contributed by atoms with Crippen LogP contribution in [0.3, 0.4) is 0 Å². The van der Waals surface area contributed by atoms with Crippen LogP contribution in [0, 0.1) is 6.92 Å². The van der Waals surface area contributed by atoms with Crippen molar-refractivity contribution in [3.63, 3.8) is 0 Å². The van der Waals surface area contributed by atoms with Crippen molar-refractivity contribution in [2.45, 2.75) is 19.8 Å². The van der Waals surface area contributed by atoms with Crippen LogP contribution in [0.25, 0.3) is 21.7 Å². The predicted molar refractivity (Wildman–Crippen MR) is 114 cm³/mol. The summed E-state index contributed by atoms with van der Waals surface area (Å²) in [6.45, 7) is 2.61. The van der Waals surface area contributed by atoms with Crippen LogP contribution in [0.5, 0.6) is 0 Å². The van der Waals surface area contributed by atoms with E-state index in [0.717, 1.165) is 39.4 Å². The quantitative estimate of drug-likeness (QED) is 0.523. The van der Waals surface area contributed by atoms with Gasteiger partial charge in [0.25, 0.3) is 5.91 Å². The minimum absolute atomic E-state index is 0.119. The molecule has 1 aliphatic heterocycles. The smallest absolute Gasteiger partial charge is 0.291 e. The molecule has 0 spiro atoms. The Labute approximate surface area is 167 Å². The van der Waals surface area contributed by atoms with E-state index >= 15 is 0 Å². The monoisotopic (exact) mass is 384 g/mol. The van der Waals surface area contributed by atoms with Crippen molar-refractivity contribution in [3.8, 4) is 0 Å². The molecule has 0 saturated carbocycles. The number of aryl methyl sites for hydroxylation is 1. The Morgan fingerprint density at radius 3 is 2.72 bits per heavy atom. The van der Waals surface area contributed by atoms with Gasteiger partial charge >= 0.3 is 0 Å². The Bertz CT molecular complexity index is 1270. The van der Waals surface area contributed by atoms with Gasteiger partial charge in [0.2, 0.25) is 5.91 Å². The molecular formula is C24H20N2O3. The van der Waals surface area contributed by atoms with Crippen LogP contribution in [0.2, 0.25) is 0 Å². The highest BCUT2D eigenvalue weighted by molar-refractivity contribution is 6.11. The third-order valence-corrected chi connectivity index (χ3v) is 5.52. The third-order valence-electron chi connectivity index (χ3n) is 5.52. The van der Waals surface area contributed by atoms with Gasteiger partial charge in [0.05, 0.1) is 0 Å². The first kappa shape index (κ1) is 17.5. The van der Waals surface area contributed by atoms with Gasteiger partial charge in [0.15, 0.2) is 5.76 Å². The fourth-order valence-corrected chi connectivity index (χ4v) is 4.03. The van der Waals surface area contributed by atoms with Crippen molar-refractivity contribution in [1.29, 1.82) is 0 Å². The minimum Gasteiger partial charge on any atom is -0.450 e. The number of rotatable bonds is 3. The molecule has 0 atom stereocenters. The molecule has 1 aromatic heterocycles. The maximum Gasteiger partial charge on any atom is 0.291 e. The Morgan fingerprint density at radius 1 is 1.03 bits per heavy atom. The standard InChI is InChI=1S/C24H20N2O3/c1-15-19-12-11-16-6-2-3-9-20(16)23(19)29-22(15)24(28)25-17-7-4-8-18(14-17)26-13-5-10-21(26)27/h2-4,6-9,11-12,14H,5,10,13H2,1H3,(H,25,28). The van der Waals surface area contributed by atoms with E-state index in [9.17, 15) is 9.59 Å². The molecule has 5 heteroatoms. The molecule has 0 bridgehead atoms. The number of amides is 2. The molecule has 1 fully saturated rings. The van der Waals surface area contributed by atoms with Gasteiger partial charge in [-0.15, -0.1) is 0 Å². The van der Waals surface area contributed by atoms with E-state index in [-0.39, 0.29) is 11.8 Å². The predicted octanol–water partition coefficient (Wildman–Crippen LogP) is 5.27. The van der Waals surface area contributed by atoms with Gasteiger partial charge in [-0.2, -0.15) is 0 Å². The van der Waals surface area contributed by atoms with Crippen LogP contribution in [0.1, 0.15) is 29.0 Å². The van der Waals surface area contributed by atoms with Gasteiger partial charge < -0.3 is 14.6 Å². The summed E-state index contributed by atoms with van der Waals surface area (Å²) in [7, 11) is 0. The highest BCUT2D eigenvalue weighted by Gasteiger charge is 2.23. The number of benzene rings is 3. The zero-order chi connectivity index (χ0) is 20.0. The summed E-state index contributed by atoms with van der Waals surface area (Å²) in [6.07, 6.45) is 1.43. The molecule has 3 aromatic carbocycles. The number of carbonyl (C=O) groups excluding carboxylic acids is 2. The summed E-state index contributed by atoms with van der Waals surface area (Å²) in [4.78, 5) is 26.7. The zero-order valence-electron chi connectivity index (χ0n) is 16.1. The molecule has 2 heterocycles. The summed E-state index contributed by atoms with van der Waals surface area (Å²) in [5, 5.41) is 5.91. The lowest BCUT2D eigenvalue weighted by atomic mass is 10.1. The summed E-state index contributed by atoms with van der Waals surface area (Å²) in [5.41, 5.74) is 2.98. The first-order valence-electron chi connectivity index (χ1n) is 9.74. The summed E-state index contributed by atoms with van der Waals surface area (Å²) < 4.78 is 6.02. The minimum atomic E-state index is -0.298. The zero-order valence-corrected chi connectivity index (χ0v) is 16.1. The maximum absolute atomic E-state index is 13.0. The third kappa shape index (κ3) is 2.95. The summed E-state index contributed by atoms with van der Waals surface area (Å²) >= 11 is 0. The van der Waals surface area contributed by atoms with E-state index in [2.05, 4.69) is 5.32 Å². The SMILES string of the molecule is Cc1c(C(=O)Nc2cccc(N3CCCC3=O)c2)oc2c1ccc1ccccc12. The second kappa shape index (κ2) is 6.78. The molecule has 29 heavy (non-hydrogen) atoms. The van der Waals surface area contributed by atoms with Crippen molar-refractivity contribution < 1.29 is 14.0 Å². The lowest BCUT2D eigenvalue weighted by Gasteiger charge is -2.16. The second-order valence-electron chi connectivity index (χ2n) is 7.37. The van der Waals surface area contributed by atoms with Crippen LogP contribution >= 0.6 is 0 Å². The first-order valence-corrected chi connectivity index (χ1v) is 9.74. The van der Waals surface area contributed by atoms with Crippen molar-refractivity contribution >= 4 is 44.9 Å². The normalized spacial score (nSPS) is 14.1. The number of nitrogens with one attached hydrogen (secondary N) is 1. The molecular weight excluding hydrogens is 364 g/mol. The van der Waals surface area contributed by atoms with Crippen LogP contribution in [0.4, 0.5) is 11.4 Å². The highest BCUT2D eigenvalue weighted by Crippen LogP contribution is 2.32. The first-order chi connectivity index (χ1) is 14.1. The number of fused-ring (bicyclic) bond motifs is 3. The number of anilines is 2. The van der Waals surface area contributed by atoms with Crippen LogP contribution in [-0.4, -0.2) is 18.4 Å². The van der Waals surface area contributed by atoms with Gasteiger partial charge in [-0.05, 0) is 36.9 Å². The Hall–Kier alpha value is -3.60. The van der Waals surface area contributed by atoms with Crippen LogP contribution in [0.15, 0.2) is 65.1 Å². The second-order valence-corrected chi connectivity index (χ2v) is 7.37. The molecule has 0 radical (unpaired) electrons. The molecule has 0 aliphatic carbocycles. The highest BCUT2D eigenvalue weighted by atomic mass is 16.3. The topological polar surface area (TPSA) is 62.6 Å². The number of hydrogen-bond donors (Lipinski definition) is 1. The fraction of sp³-hybridized carbons (Fsp3) is 0.167. The lowest BCUT2D eigenvalue weighted by Crippen LogP contribution is -2.23. The molecule has 1 N–H and O–H groups in total. The van der Waals surface area contributed by atoms with E-state index in [1.807, 2.05) is 67.6 Å². The molecule has 5 rings (SSSR count). The number of hydrogen-bond acceptors (Lipinski definition) is 3. The molecule has 0 unspecified atom stereocenters. The fourth-order valence-electron chi connectivity index (χ4n) is 4.03. The molecule has 144 valence electrons. The van der Waals surface area contributed by atoms with Gasteiger partial charge in [0, 0.05) is 40.7 Å². The molecule has 2 amide bonds. The van der Waals surface area contributed by atoms with Crippen molar-refractivity contribution in [1.82, 2.24) is 0 Å². The maximum atomic E-state index is 13.0. The largest absolute Gasteiger partial charge is 0.450 e. The number of carbonyl (C=O) groups is 2. The number of furan rings is 1. The van der Waals surface area contributed by atoms with E-state index in [1.54, 1.807) is 4.90 Å². The molecule has 1 saturated heterocycles. The van der Waals surface area contributed by atoms with Crippen LogP contribution < -0.4 is 10.2 Å². The van der Waals surface area contributed by atoms with Gasteiger partial charge in [0.1, 0.15) is 5.58 Å². The van der Waals surface area contributed by atoms with Gasteiger partial charge in [-0.25, -0.2) is 0 Å². The Balaban J connectivity index is 1.48. The van der Waals surface area contributed by atoms with Crippen molar-refractivity contribution in [2.24, 2.45) is 0 Å². The Kier molecular flexibility index (Phi) is 4.09. The average Bonchev–Trinajstić information content (AvgIpc) is 3.31. The summed E-state index contributed by atoms with van der Waals surface area (Å²) in [6, 6.07) is 19.4. The van der Waals surface area contributed by atoms with E-state index in [0.29, 0.717) is 24.4 Å². The molecule has 1 aliphatic rings. The van der Waals surface area contributed by atoms with Crippen molar-refractivity contribution in [2.75, 3.05) is 16.8 Å².